The molecule has 1 aliphatic carbocycles. The fraction of sp³-hybridized carbons (Fsp3) is 0.440. The molecule has 0 N–H and O–H groups in total. The van der Waals surface area contributed by atoms with E-state index >= 15 is 0 Å². The third-order valence-electron chi connectivity index (χ3n) is 7.10. The van der Waals surface area contributed by atoms with Crippen molar-refractivity contribution in [1.82, 2.24) is 9.80 Å². The topological polar surface area (TPSA) is 49.9 Å². The zero-order valence-corrected chi connectivity index (χ0v) is 17.6. The fourth-order valence-electron chi connectivity index (χ4n) is 5.54. The Hall–Kier alpha value is -2.89. The molecule has 2 amide bonds. The summed E-state index contributed by atoms with van der Waals surface area (Å²) >= 11 is 0. The van der Waals surface area contributed by atoms with Gasteiger partial charge in [-0.3, -0.25) is 9.69 Å². The van der Waals surface area contributed by atoms with Crippen LogP contribution in [0.5, 0.6) is 0 Å². The van der Waals surface area contributed by atoms with E-state index in [9.17, 15) is 14.0 Å². The Morgan fingerprint density at radius 3 is 2.52 bits per heavy atom. The van der Waals surface area contributed by atoms with Gasteiger partial charge in [-0.1, -0.05) is 55.3 Å². The number of rotatable bonds is 4. The molecule has 1 saturated carbocycles. The summed E-state index contributed by atoms with van der Waals surface area (Å²) in [7, 11) is 0. The zero-order chi connectivity index (χ0) is 21.5. The first kappa shape index (κ1) is 20.0. The maximum absolute atomic E-state index is 13.9. The molecule has 3 fully saturated rings. The number of halogens is 1. The van der Waals surface area contributed by atoms with Gasteiger partial charge in [-0.2, -0.15) is 0 Å². The van der Waals surface area contributed by atoms with Gasteiger partial charge in [0.25, 0.3) is 0 Å². The first-order valence-corrected chi connectivity index (χ1v) is 11.1. The van der Waals surface area contributed by atoms with E-state index in [0.29, 0.717) is 32.6 Å². The molecule has 1 atom stereocenters. The van der Waals surface area contributed by atoms with Gasteiger partial charge in [-0.05, 0) is 36.1 Å². The summed E-state index contributed by atoms with van der Waals surface area (Å²) in [6.45, 7) is 1.95. The van der Waals surface area contributed by atoms with Crippen molar-refractivity contribution in [3.8, 4) is 0 Å². The van der Waals surface area contributed by atoms with Gasteiger partial charge in [0, 0.05) is 19.5 Å². The van der Waals surface area contributed by atoms with Gasteiger partial charge in [0.05, 0.1) is 18.5 Å². The molecule has 0 radical (unpaired) electrons. The van der Waals surface area contributed by atoms with E-state index < -0.39 is 11.0 Å². The molecule has 5 rings (SSSR count). The van der Waals surface area contributed by atoms with Crippen molar-refractivity contribution in [2.45, 2.75) is 49.7 Å². The minimum Gasteiger partial charge on any atom is -0.439 e. The van der Waals surface area contributed by atoms with Crippen LogP contribution >= 0.6 is 0 Å². The zero-order valence-electron chi connectivity index (χ0n) is 17.6. The van der Waals surface area contributed by atoms with E-state index in [1.165, 1.54) is 12.1 Å². The van der Waals surface area contributed by atoms with E-state index in [1.807, 2.05) is 41.3 Å². The second kappa shape index (κ2) is 7.66. The molecule has 2 aliphatic heterocycles. The highest BCUT2D eigenvalue weighted by Crippen LogP contribution is 2.44. The Morgan fingerprint density at radius 1 is 1.00 bits per heavy atom. The number of hydrogen-bond donors (Lipinski definition) is 0. The summed E-state index contributed by atoms with van der Waals surface area (Å²) in [5.41, 5.74) is 0.506. The Morgan fingerprint density at radius 2 is 1.77 bits per heavy atom. The highest BCUT2D eigenvalue weighted by Gasteiger charge is 2.54. The van der Waals surface area contributed by atoms with Gasteiger partial charge >= 0.3 is 6.09 Å². The highest BCUT2D eigenvalue weighted by atomic mass is 19.1. The number of hydrogen-bond acceptors (Lipinski definition) is 3. The average Bonchev–Trinajstić information content (AvgIpc) is 3.49. The van der Waals surface area contributed by atoms with Crippen molar-refractivity contribution in [2.75, 3.05) is 19.6 Å². The number of likely N-dealkylation sites (tertiary alicyclic amines) is 1. The van der Waals surface area contributed by atoms with Crippen molar-refractivity contribution in [3.05, 3.63) is 71.5 Å². The summed E-state index contributed by atoms with van der Waals surface area (Å²) in [4.78, 5) is 29.8. The van der Waals surface area contributed by atoms with Crippen LogP contribution in [0.25, 0.3) is 0 Å². The largest absolute Gasteiger partial charge is 0.439 e. The molecule has 6 heteroatoms. The molecule has 0 bridgehead atoms. The van der Waals surface area contributed by atoms with Crippen LogP contribution in [0.1, 0.15) is 43.2 Å². The van der Waals surface area contributed by atoms with Crippen LogP contribution in [-0.2, 0) is 21.5 Å². The molecule has 2 saturated heterocycles. The van der Waals surface area contributed by atoms with E-state index in [1.54, 1.807) is 11.0 Å². The van der Waals surface area contributed by atoms with E-state index in [0.717, 1.165) is 36.8 Å². The van der Waals surface area contributed by atoms with Gasteiger partial charge in [0.2, 0.25) is 5.91 Å². The summed E-state index contributed by atoms with van der Waals surface area (Å²) < 4.78 is 19.8. The number of benzene rings is 2. The first-order chi connectivity index (χ1) is 15.0. The molecule has 2 heterocycles. The Balaban J connectivity index is 1.33. The van der Waals surface area contributed by atoms with E-state index in [4.69, 9.17) is 4.74 Å². The van der Waals surface area contributed by atoms with Crippen molar-refractivity contribution in [3.63, 3.8) is 0 Å². The number of carbonyl (C=O) groups excluding carboxylic acids is 2. The molecule has 162 valence electrons. The average molecular weight is 423 g/mol. The minimum absolute atomic E-state index is 0.0463. The molecule has 31 heavy (non-hydrogen) atoms. The molecular weight excluding hydrogens is 395 g/mol. The third kappa shape index (κ3) is 3.58. The normalized spacial score (nSPS) is 24.7. The molecule has 3 aliphatic rings. The molecule has 2 aromatic rings. The molecular formula is C25H27FN2O3. The van der Waals surface area contributed by atoms with Crippen LogP contribution in [-0.4, -0.2) is 47.0 Å². The van der Waals surface area contributed by atoms with Crippen molar-refractivity contribution < 1.29 is 18.7 Å². The monoisotopic (exact) mass is 422 g/mol. The maximum atomic E-state index is 13.9. The predicted octanol–water partition coefficient (Wildman–Crippen LogP) is 4.26. The van der Waals surface area contributed by atoms with E-state index in [2.05, 4.69) is 0 Å². The van der Waals surface area contributed by atoms with Crippen molar-refractivity contribution in [1.29, 1.82) is 0 Å². The first-order valence-electron chi connectivity index (χ1n) is 11.1. The van der Waals surface area contributed by atoms with Crippen LogP contribution in [0, 0.1) is 5.82 Å². The van der Waals surface area contributed by atoms with Crippen LogP contribution in [0.15, 0.2) is 54.6 Å². The van der Waals surface area contributed by atoms with Crippen LogP contribution in [0.3, 0.4) is 0 Å². The van der Waals surface area contributed by atoms with Gasteiger partial charge in [0.1, 0.15) is 5.82 Å². The second-order valence-electron chi connectivity index (χ2n) is 9.17. The third-order valence-corrected chi connectivity index (χ3v) is 7.10. The number of ether oxygens (including phenoxy) is 1. The van der Waals surface area contributed by atoms with Crippen molar-refractivity contribution >= 4 is 12.0 Å². The minimum atomic E-state index is -0.667. The number of amides is 2. The molecule has 2 aromatic carbocycles. The fourth-order valence-corrected chi connectivity index (χ4v) is 5.54. The van der Waals surface area contributed by atoms with Gasteiger partial charge in [-0.25, -0.2) is 9.18 Å². The van der Waals surface area contributed by atoms with Gasteiger partial charge < -0.3 is 9.64 Å². The SMILES string of the molecule is O=C1O[C@@]2(CCN(C(=O)C3(c4cccc(F)c4)CCCC3)C2)CN1Cc1ccccc1. The molecule has 0 aromatic heterocycles. The molecule has 1 spiro atoms. The number of nitrogens with zero attached hydrogens (tertiary/aromatic N) is 2. The van der Waals surface area contributed by atoms with Gasteiger partial charge in [0.15, 0.2) is 5.60 Å². The lowest BCUT2D eigenvalue weighted by molar-refractivity contribution is -0.137. The standard InChI is InChI=1S/C25H27FN2O3/c26-21-10-6-9-20(15-21)25(11-4-5-12-25)22(29)27-14-13-24(17-27)18-28(23(30)31-24)16-19-7-2-1-3-8-19/h1-3,6-10,15H,4-5,11-14,16-18H2/t24-/m1/s1. The summed E-state index contributed by atoms with van der Waals surface area (Å²) in [5, 5.41) is 0. The molecule has 0 unspecified atom stereocenters. The summed E-state index contributed by atoms with van der Waals surface area (Å²) in [5.74, 6) is -0.263. The summed E-state index contributed by atoms with van der Waals surface area (Å²) in [6, 6.07) is 16.3. The lowest BCUT2D eigenvalue weighted by atomic mass is 9.77. The lowest BCUT2D eigenvalue weighted by Crippen LogP contribution is -2.47. The maximum Gasteiger partial charge on any atom is 0.410 e. The predicted molar refractivity (Wildman–Crippen MR) is 114 cm³/mol. The van der Waals surface area contributed by atoms with Crippen molar-refractivity contribution in [2.24, 2.45) is 0 Å². The lowest BCUT2D eigenvalue weighted by Gasteiger charge is -2.33. The van der Waals surface area contributed by atoms with Crippen LogP contribution in [0.4, 0.5) is 9.18 Å². The Kier molecular flexibility index (Phi) is 4.95. The summed E-state index contributed by atoms with van der Waals surface area (Å²) in [6.07, 6.45) is 3.70. The smallest absolute Gasteiger partial charge is 0.410 e. The van der Waals surface area contributed by atoms with Crippen LogP contribution < -0.4 is 0 Å². The Bertz CT molecular complexity index is 989. The Labute approximate surface area is 181 Å². The van der Waals surface area contributed by atoms with E-state index in [-0.39, 0.29) is 17.8 Å². The van der Waals surface area contributed by atoms with Gasteiger partial charge in [-0.15, -0.1) is 0 Å². The van der Waals surface area contributed by atoms with Crippen LogP contribution in [0.2, 0.25) is 0 Å². The second-order valence-corrected chi connectivity index (χ2v) is 9.17. The highest BCUT2D eigenvalue weighted by molar-refractivity contribution is 5.89. The number of carbonyl (C=O) groups is 2. The quantitative estimate of drug-likeness (QED) is 0.740. The molecule has 5 nitrogen and oxygen atoms in total.